The van der Waals surface area contributed by atoms with Crippen LogP contribution in [0, 0.1) is 0 Å². The molecule has 0 bridgehead atoms. The van der Waals surface area contributed by atoms with E-state index < -0.39 is 15.8 Å². The van der Waals surface area contributed by atoms with Gasteiger partial charge in [0, 0.05) is 0 Å². The molecule has 0 spiro atoms. The van der Waals surface area contributed by atoms with Gasteiger partial charge in [-0.15, -0.1) is 23.2 Å². The van der Waals surface area contributed by atoms with E-state index in [1.807, 2.05) is 24.3 Å². The summed E-state index contributed by atoms with van der Waals surface area (Å²) >= 11 is 14.0. The SMILES string of the molecule is ClC(COCC(Cl)P(c1ccccc1)c1ccccc1)P(c1ccccc1)c1ccccc1. The summed E-state index contributed by atoms with van der Waals surface area (Å²) in [5, 5.41) is 4.71. The molecule has 0 heterocycles. The Labute approximate surface area is 209 Å². The molecule has 168 valence electrons. The van der Waals surface area contributed by atoms with Crippen LogP contribution < -0.4 is 21.2 Å². The van der Waals surface area contributed by atoms with E-state index >= 15 is 0 Å². The Kier molecular flexibility index (Phi) is 9.36. The average molecular weight is 511 g/mol. The second-order valence-corrected chi connectivity index (χ2v) is 13.9. The van der Waals surface area contributed by atoms with Crippen LogP contribution in [0.2, 0.25) is 0 Å². The van der Waals surface area contributed by atoms with Crippen LogP contribution in [0.4, 0.5) is 0 Å². The molecule has 4 rings (SSSR count). The molecule has 4 aromatic rings. The predicted molar refractivity (Wildman–Crippen MR) is 148 cm³/mol. The molecule has 0 amide bonds. The molecule has 1 nitrogen and oxygen atoms in total. The minimum absolute atomic E-state index is 0.145. The average Bonchev–Trinajstić information content (AvgIpc) is 2.87. The van der Waals surface area contributed by atoms with Crippen molar-refractivity contribution < 1.29 is 4.74 Å². The van der Waals surface area contributed by atoms with Crippen molar-refractivity contribution >= 4 is 60.3 Å². The smallest absolute Gasteiger partial charge is 0.0848 e. The Morgan fingerprint density at radius 2 is 0.697 bits per heavy atom. The topological polar surface area (TPSA) is 9.23 Å². The third-order valence-corrected chi connectivity index (χ3v) is 11.5. The van der Waals surface area contributed by atoms with Crippen LogP contribution in [0.15, 0.2) is 121 Å². The van der Waals surface area contributed by atoms with Gasteiger partial charge in [0.15, 0.2) is 0 Å². The first-order valence-corrected chi connectivity index (χ1v) is 14.6. The van der Waals surface area contributed by atoms with Gasteiger partial charge < -0.3 is 4.74 Å². The summed E-state index contributed by atoms with van der Waals surface area (Å²) in [5.74, 6) is 0. The van der Waals surface area contributed by atoms with Crippen LogP contribution in [-0.4, -0.2) is 23.5 Å². The molecule has 4 aromatic carbocycles. The second-order valence-electron chi connectivity index (χ2n) is 7.49. The van der Waals surface area contributed by atoms with Gasteiger partial charge in [0.05, 0.1) is 23.5 Å². The lowest BCUT2D eigenvalue weighted by Crippen LogP contribution is -2.25. The molecule has 0 aliphatic carbocycles. The molecular weight excluding hydrogens is 485 g/mol. The highest BCUT2D eigenvalue weighted by Crippen LogP contribution is 2.44. The summed E-state index contributed by atoms with van der Waals surface area (Å²) in [5.41, 5.74) is 0. The summed E-state index contributed by atoms with van der Waals surface area (Å²) in [6, 6.07) is 41.9. The van der Waals surface area contributed by atoms with E-state index in [0.717, 1.165) is 0 Å². The molecule has 33 heavy (non-hydrogen) atoms. The number of alkyl halides is 2. The van der Waals surface area contributed by atoms with Crippen molar-refractivity contribution in [1.82, 2.24) is 0 Å². The monoisotopic (exact) mass is 510 g/mol. The Hall–Kier alpha value is -1.72. The first-order chi connectivity index (χ1) is 16.2. The summed E-state index contributed by atoms with van der Waals surface area (Å²) in [7, 11) is -1.49. The summed E-state index contributed by atoms with van der Waals surface area (Å²) in [4.78, 5) is 0. The van der Waals surface area contributed by atoms with Crippen LogP contribution >= 0.6 is 39.0 Å². The van der Waals surface area contributed by atoms with E-state index in [1.54, 1.807) is 0 Å². The highest BCUT2D eigenvalue weighted by Gasteiger charge is 2.26. The quantitative estimate of drug-likeness (QED) is 0.177. The van der Waals surface area contributed by atoms with Gasteiger partial charge in [-0.25, -0.2) is 0 Å². The van der Waals surface area contributed by atoms with Crippen molar-refractivity contribution in [3.8, 4) is 0 Å². The zero-order valence-corrected chi connectivity index (χ0v) is 21.5. The van der Waals surface area contributed by atoms with E-state index in [0.29, 0.717) is 13.2 Å². The first-order valence-electron chi connectivity index (χ1n) is 10.9. The van der Waals surface area contributed by atoms with Crippen LogP contribution in [-0.2, 0) is 4.74 Å². The minimum Gasteiger partial charge on any atom is -0.378 e. The van der Waals surface area contributed by atoms with Gasteiger partial charge >= 0.3 is 0 Å². The van der Waals surface area contributed by atoms with Crippen LogP contribution in [0.3, 0.4) is 0 Å². The molecule has 0 aliphatic rings. The Balaban J connectivity index is 1.46. The molecule has 0 radical (unpaired) electrons. The Morgan fingerprint density at radius 1 is 0.455 bits per heavy atom. The largest absolute Gasteiger partial charge is 0.378 e. The maximum Gasteiger partial charge on any atom is 0.0848 e. The fraction of sp³-hybridized carbons (Fsp3) is 0.143. The van der Waals surface area contributed by atoms with Gasteiger partial charge in [0.1, 0.15) is 0 Å². The highest BCUT2D eigenvalue weighted by molar-refractivity contribution is 7.75. The van der Waals surface area contributed by atoms with Gasteiger partial charge in [-0.3, -0.25) is 0 Å². The lowest BCUT2D eigenvalue weighted by atomic mass is 10.4. The summed E-state index contributed by atoms with van der Waals surface area (Å²) in [6.07, 6.45) is 0. The van der Waals surface area contributed by atoms with E-state index in [2.05, 4.69) is 97.1 Å². The van der Waals surface area contributed by atoms with Crippen LogP contribution in [0.25, 0.3) is 0 Å². The lowest BCUT2D eigenvalue weighted by Gasteiger charge is -2.26. The zero-order valence-electron chi connectivity index (χ0n) is 18.2. The molecule has 2 atom stereocenters. The van der Waals surface area contributed by atoms with E-state index in [9.17, 15) is 0 Å². The lowest BCUT2D eigenvalue weighted by molar-refractivity contribution is 0.156. The molecule has 0 N–H and O–H groups in total. The van der Waals surface area contributed by atoms with Gasteiger partial charge in [-0.05, 0) is 37.1 Å². The summed E-state index contributed by atoms with van der Waals surface area (Å²) in [6.45, 7) is 0.903. The van der Waals surface area contributed by atoms with Gasteiger partial charge in [0.25, 0.3) is 0 Å². The number of halogens is 2. The van der Waals surface area contributed by atoms with Crippen molar-refractivity contribution in [3.05, 3.63) is 121 Å². The number of rotatable bonds is 10. The van der Waals surface area contributed by atoms with Crippen molar-refractivity contribution in [1.29, 1.82) is 0 Å². The number of benzene rings is 4. The Morgan fingerprint density at radius 3 is 0.939 bits per heavy atom. The van der Waals surface area contributed by atoms with E-state index in [1.165, 1.54) is 21.2 Å². The molecule has 0 aromatic heterocycles. The van der Waals surface area contributed by atoms with Crippen molar-refractivity contribution in [3.63, 3.8) is 0 Å². The molecule has 0 saturated carbocycles. The van der Waals surface area contributed by atoms with Gasteiger partial charge in [-0.2, -0.15) is 0 Å². The van der Waals surface area contributed by atoms with Gasteiger partial charge in [-0.1, -0.05) is 121 Å². The molecular formula is C28H26Cl2OP2. The third kappa shape index (κ3) is 6.66. The normalized spacial score (nSPS) is 13.2. The summed E-state index contributed by atoms with van der Waals surface area (Å²) < 4.78 is 6.17. The van der Waals surface area contributed by atoms with Crippen molar-refractivity contribution in [2.45, 2.75) is 10.2 Å². The maximum atomic E-state index is 6.98. The number of hydrogen-bond donors (Lipinski definition) is 0. The van der Waals surface area contributed by atoms with Crippen molar-refractivity contribution in [2.24, 2.45) is 0 Å². The minimum atomic E-state index is -0.743. The number of ether oxygens (including phenoxy) is 1. The predicted octanol–water partition coefficient (Wildman–Crippen LogP) is 6.40. The number of hydrogen-bond acceptors (Lipinski definition) is 1. The Bertz CT molecular complexity index is 914. The van der Waals surface area contributed by atoms with E-state index in [4.69, 9.17) is 27.9 Å². The zero-order chi connectivity index (χ0) is 22.9. The molecule has 0 saturated heterocycles. The van der Waals surface area contributed by atoms with E-state index in [-0.39, 0.29) is 10.2 Å². The van der Waals surface area contributed by atoms with Crippen LogP contribution in [0.5, 0.6) is 0 Å². The maximum absolute atomic E-state index is 6.98. The molecule has 5 heteroatoms. The van der Waals surface area contributed by atoms with Crippen LogP contribution in [0.1, 0.15) is 0 Å². The third-order valence-electron chi connectivity index (χ3n) is 5.21. The fourth-order valence-electron chi connectivity index (χ4n) is 3.71. The standard InChI is InChI=1S/C28H26Cl2OP2/c29-27(32(23-13-5-1-6-14-23)24-15-7-2-8-16-24)21-31-22-28(30)33(25-17-9-3-10-18-25)26-19-11-4-12-20-26/h1-20,27-28H,21-22H2. The second kappa shape index (κ2) is 12.7. The molecule has 0 fully saturated rings. The highest BCUT2D eigenvalue weighted by atomic mass is 35.5. The fourth-order valence-corrected chi connectivity index (χ4v) is 9.61. The molecule has 2 unspecified atom stereocenters. The van der Waals surface area contributed by atoms with Gasteiger partial charge in [0.2, 0.25) is 0 Å². The first kappa shape index (κ1) is 24.4. The molecule has 0 aliphatic heterocycles. The van der Waals surface area contributed by atoms with Crippen molar-refractivity contribution in [2.75, 3.05) is 13.2 Å².